The molecule has 5 rings (SSSR count). The monoisotopic (exact) mass is 740 g/mol. The molecule has 1 heterocycles. The number of aliphatic hydroxyl groups is 1. The third kappa shape index (κ3) is 13.1. The number of ether oxygens (including phenoxy) is 5. The van der Waals surface area contributed by atoms with Gasteiger partial charge in [-0.2, -0.15) is 0 Å². The summed E-state index contributed by atoms with van der Waals surface area (Å²) in [5.41, 5.74) is 4.24. The van der Waals surface area contributed by atoms with E-state index in [9.17, 15) is 13.9 Å². The topological polar surface area (TPSA) is 66.4 Å². The van der Waals surface area contributed by atoms with Crippen molar-refractivity contribution in [3.63, 3.8) is 0 Å². The van der Waals surface area contributed by atoms with Crippen LogP contribution in [0.3, 0.4) is 0 Å². The van der Waals surface area contributed by atoms with Gasteiger partial charge >= 0.3 is 0 Å². The smallest absolute Gasteiger partial charge is 0.197 e. The fourth-order valence-electron chi connectivity index (χ4n) is 5.56. The molecule has 1 N–H and O–H groups in total. The summed E-state index contributed by atoms with van der Waals surface area (Å²) in [6, 6.07) is 30.2. The van der Waals surface area contributed by atoms with Crippen molar-refractivity contribution in [3.8, 4) is 5.75 Å². The quantitative estimate of drug-likeness (QED) is 0.138. The predicted molar refractivity (Wildman–Crippen MR) is 206 cm³/mol. The summed E-state index contributed by atoms with van der Waals surface area (Å²) in [7, 11) is 2.07. The highest BCUT2D eigenvalue weighted by Gasteiger charge is 2.50. The molecule has 4 aromatic carbocycles. The molecule has 0 saturated carbocycles. The summed E-state index contributed by atoms with van der Waals surface area (Å²) >= 11 is 6.63. The lowest BCUT2D eigenvalue weighted by molar-refractivity contribution is -0.335. The Kier molecular flexibility index (Phi) is 21.1. The van der Waals surface area contributed by atoms with Crippen LogP contribution in [0.15, 0.2) is 109 Å². The van der Waals surface area contributed by atoms with Gasteiger partial charge in [0.25, 0.3) is 0 Å². The highest BCUT2D eigenvalue weighted by Crippen LogP contribution is 2.42. The minimum atomic E-state index is -1.26. The van der Waals surface area contributed by atoms with Gasteiger partial charge in [0.1, 0.15) is 12.2 Å². The second-order valence-electron chi connectivity index (χ2n) is 11.4. The van der Waals surface area contributed by atoms with Crippen LogP contribution in [0.25, 0.3) is 0 Å². The molecule has 4 atom stereocenters. The molecule has 0 radical (unpaired) electrons. The molecule has 0 spiro atoms. The van der Waals surface area contributed by atoms with E-state index in [0.29, 0.717) is 50.4 Å². The van der Waals surface area contributed by atoms with Crippen LogP contribution in [0.2, 0.25) is 5.02 Å². The Hall–Kier alpha value is -3.63. The molecule has 4 aromatic rings. The summed E-state index contributed by atoms with van der Waals surface area (Å²) in [6.45, 7) is 10.6. The van der Waals surface area contributed by atoms with Crippen LogP contribution >= 0.6 is 11.6 Å². The van der Waals surface area contributed by atoms with Crippen LogP contribution in [-0.4, -0.2) is 50.9 Å². The van der Waals surface area contributed by atoms with Crippen LogP contribution in [-0.2, 0) is 44.4 Å². The zero-order chi connectivity index (χ0) is 38.4. The van der Waals surface area contributed by atoms with E-state index in [1.165, 1.54) is 6.07 Å². The Balaban J connectivity index is 0.00000108. The van der Waals surface area contributed by atoms with Crippen molar-refractivity contribution in [1.82, 2.24) is 0 Å². The Labute approximate surface area is 314 Å². The predicted octanol–water partition coefficient (Wildman–Crippen LogP) is 10.4. The lowest BCUT2D eigenvalue weighted by atomic mass is 9.89. The minimum Gasteiger partial charge on any atom is -0.491 e. The molecule has 6 nitrogen and oxygen atoms in total. The largest absolute Gasteiger partial charge is 0.491 e. The normalized spacial score (nSPS) is 19.3. The number of benzene rings is 4. The summed E-state index contributed by atoms with van der Waals surface area (Å²) in [6.07, 6.45) is 2.89. The van der Waals surface area contributed by atoms with Gasteiger partial charge in [-0.15, -0.1) is 0 Å². The van der Waals surface area contributed by atoms with E-state index in [0.717, 1.165) is 22.3 Å². The molecule has 0 aromatic heterocycles. The van der Waals surface area contributed by atoms with E-state index in [-0.39, 0.29) is 12.4 Å². The van der Waals surface area contributed by atoms with Gasteiger partial charge in [-0.3, -0.25) is 4.39 Å². The maximum Gasteiger partial charge on any atom is 0.197 e. The summed E-state index contributed by atoms with van der Waals surface area (Å²) in [5, 5.41) is 11.1. The molecule has 2 unspecified atom stereocenters. The molecular weight excluding hydrogens is 686 g/mol. The van der Waals surface area contributed by atoms with Gasteiger partial charge in [0, 0.05) is 24.1 Å². The van der Waals surface area contributed by atoms with Crippen LogP contribution in [0.1, 0.15) is 68.9 Å². The van der Waals surface area contributed by atoms with Crippen molar-refractivity contribution in [2.45, 2.75) is 84.8 Å². The Bertz CT molecular complexity index is 1570. The summed E-state index contributed by atoms with van der Waals surface area (Å²) < 4.78 is 55.0. The first kappa shape index (κ1) is 44.5. The maximum atomic E-state index is 14.6. The summed E-state index contributed by atoms with van der Waals surface area (Å²) in [5.74, 6) is -1.47. The molecule has 0 aliphatic carbocycles. The third-order valence-corrected chi connectivity index (χ3v) is 8.52. The van der Waals surface area contributed by atoms with Crippen LogP contribution in [0.5, 0.6) is 5.75 Å². The molecule has 284 valence electrons. The highest BCUT2D eigenvalue weighted by molar-refractivity contribution is 6.31. The fraction of sp³-hybridized carbons (Fsp3) is 0.395. The number of rotatable bonds is 13. The van der Waals surface area contributed by atoms with E-state index in [1.807, 2.05) is 126 Å². The number of hydrogen-bond acceptors (Lipinski definition) is 6. The number of hydrogen-bond donors (Lipinski definition) is 1. The van der Waals surface area contributed by atoms with Gasteiger partial charge in [0.05, 0.1) is 39.7 Å². The van der Waals surface area contributed by atoms with Crippen molar-refractivity contribution in [3.05, 3.63) is 148 Å². The van der Waals surface area contributed by atoms with Gasteiger partial charge in [-0.1, -0.05) is 110 Å². The molecule has 9 heteroatoms. The van der Waals surface area contributed by atoms with E-state index in [4.69, 9.17) is 35.3 Å². The second kappa shape index (κ2) is 24.6. The summed E-state index contributed by atoms with van der Waals surface area (Å²) in [4.78, 5) is 0. The van der Waals surface area contributed by atoms with Crippen molar-refractivity contribution < 1.29 is 37.6 Å². The van der Waals surface area contributed by atoms with Crippen LogP contribution in [0, 0.1) is 5.82 Å². The molecule has 1 saturated heterocycles. The van der Waals surface area contributed by atoms with Crippen LogP contribution in [0.4, 0.5) is 8.78 Å². The lowest BCUT2D eigenvalue weighted by Gasteiger charge is -2.47. The van der Waals surface area contributed by atoms with E-state index in [1.54, 1.807) is 19.2 Å². The SMILES string of the molecule is CC.CC=CC.CCOc1ccc(Cc2cc([C@@]3(OC)CC(OCc4ccccc4)[C@H](OCc4ccccc4)C(CO)O3)ccc2Cl)cc1F.CF. The second-order valence-corrected chi connectivity index (χ2v) is 11.9. The molecule has 0 amide bonds. The Morgan fingerprint density at radius 1 is 0.846 bits per heavy atom. The molecule has 52 heavy (non-hydrogen) atoms. The van der Waals surface area contributed by atoms with Crippen molar-refractivity contribution in [2.24, 2.45) is 0 Å². The van der Waals surface area contributed by atoms with Crippen molar-refractivity contribution in [2.75, 3.05) is 27.5 Å². The zero-order valence-electron chi connectivity index (χ0n) is 31.5. The number of alkyl halides is 1. The van der Waals surface area contributed by atoms with Gasteiger partial charge in [0.2, 0.25) is 0 Å². The number of allylic oxidation sites excluding steroid dienone is 2. The third-order valence-electron chi connectivity index (χ3n) is 8.16. The standard InChI is InChI=1S/C36H38ClFO6.C4H8.C2H6.CH3F/c1-3-41-32-17-14-27(19-31(32)38)18-28-20-29(15-16-30(28)37)36(40-2)21-33(42-23-25-10-6-4-7-11-25)35(34(22-39)44-36)43-24-26-12-8-5-9-13-26;1-3-4-2;2*1-2/h4-17,19-20,33-35,39H,3,18,21-24H2,1-2H3;3-4H,1-2H3;1-2H3;1H3/t33?,34?,35-,36+;;;/m0.../s1. The lowest BCUT2D eigenvalue weighted by Crippen LogP contribution is -2.56. The van der Waals surface area contributed by atoms with E-state index < -0.39 is 29.9 Å². The van der Waals surface area contributed by atoms with Gasteiger partial charge < -0.3 is 28.8 Å². The van der Waals surface area contributed by atoms with Gasteiger partial charge in [-0.25, -0.2) is 4.39 Å². The van der Waals surface area contributed by atoms with Crippen molar-refractivity contribution in [1.29, 1.82) is 0 Å². The van der Waals surface area contributed by atoms with Gasteiger partial charge in [0.15, 0.2) is 17.4 Å². The molecule has 1 aliphatic heterocycles. The highest BCUT2D eigenvalue weighted by atomic mass is 35.5. The molecule has 0 bridgehead atoms. The fourth-order valence-corrected chi connectivity index (χ4v) is 5.75. The van der Waals surface area contributed by atoms with Crippen molar-refractivity contribution >= 4 is 11.6 Å². The zero-order valence-corrected chi connectivity index (χ0v) is 32.2. The molecule has 1 fully saturated rings. The average molecular weight is 741 g/mol. The first-order valence-corrected chi connectivity index (χ1v) is 18.0. The first-order chi connectivity index (χ1) is 25.4. The van der Waals surface area contributed by atoms with E-state index >= 15 is 0 Å². The van der Waals surface area contributed by atoms with E-state index in [2.05, 4.69) is 0 Å². The molecule has 1 aliphatic rings. The average Bonchev–Trinajstić information content (AvgIpc) is 3.20. The minimum absolute atomic E-state index is 0.214. The Morgan fingerprint density at radius 3 is 1.96 bits per heavy atom. The number of halogens is 3. The number of aliphatic hydroxyl groups excluding tert-OH is 1. The van der Waals surface area contributed by atoms with Gasteiger partial charge in [-0.05, 0) is 73.7 Å². The van der Waals surface area contributed by atoms with Crippen LogP contribution < -0.4 is 4.74 Å². The number of methoxy groups -OCH3 is 1. The first-order valence-electron chi connectivity index (χ1n) is 17.7. The molecular formula is C43H55ClF2O6. The Morgan fingerprint density at radius 2 is 1.44 bits per heavy atom. The maximum absolute atomic E-state index is 14.6.